The van der Waals surface area contributed by atoms with Crippen molar-refractivity contribution in [3.63, 3.8) is 0 Å². The Bertz CT molecular complexity index is 1680. The molecule has 5 rings (SSSR count). The number of aromatic nitrogens is 3. The Morgan fingerprint density at radius 3 is 2.71 bits per heavy atom. The molecule has 2 amide bonds. The summed E-state index contributed by atoms with van der Waals surface area (Å²) in [5.41, 5.74) is 4.50. The molecule has 2 atom stereocenters. The van der Waals surface area contributed by atoms with Crippen molar-refractivity contribution in [1.29, 1.82) is 0 Å². The Labute approximate surface area is 274 Å². The molecule has 3 aromatic heterocycles. The second-order valence-electron chi connectivity index (χ2n) is 9.53. The summed E-state index contributed by atoms with van der Waals surface area (Å²) in [7, 11) is 0. The average Bonchev–Trinajstić information content (AvgIpc) is 3.48. The molecule has 2 aliphatic rings. The number of nitrogens with two attached hydrogens (primary N) is 1. The van der Waals surface area contributed by atoms with Gasteiger partial charge >= 0.3 is 41.5 Å². The van der Waals surface area contributed by atoms with E-state index < -0.39 is 46.5 Å². The number of imidazole rings is 1. The summed E-state index contributed by atoms with van der Waals surface area (Å²) in [6.07, 6.45) is 5.54. The fourth-order valence-electron chi connectivity index (χ4n) is 4.25. The van der Waals surface area contributed by atoms with E-state index in [2.05, 4.69) is 15.5 Å². The minimum Gasteiger partial charge on any atom is -1.00 e. The van der Waals surface area contributed by atoms with Crippen molar-refractivity contribution in [2.75, 3.05) is 11.5 Å². The van der Waals surface area contributed by atoms with Gasteiger partial charge in [-0.1, -0.05) is 34.2 Å². The van der Waals surface area contributed by atoms with Crippen LogP contribution < -0.4 is 45.2 Å². The van der Waals surface area contributed by atoms with Crippen LogP contribution >= 0.6 is 34.7 Å². The fraction of sp³-hybridized carbons (Fsp3) is 0.292. The minimum atomic E-state index is -1.80. The molecule has 14 nitrogen and oxygen atoms in total. The Balaban J connectivity index is 0.00000253. The Morgan fingerprint density at radius 1 is 1.33 bits per heavy atom. The Kier molecular flexibility index (Phi) is 9.25. The number of rotatable bonds is 9. The van der Waals surface area contributed by atoms with Gasteiger partial charge in [0, 0.05) is 17.4 Å². The number of thiazole rings is 1. The molecule has 0 bridgehead atoms. The number of hydrogen-bond acceptors (Lipinski definition) is 10. The number of pyridine rings is 1. The number of hydrogen-bond donors (Lipinski definition) is 4. The summed E-state index contributed by atoms with van der Waals surface area (Å²) in [6.45, 7) is 2.70. The van der Waals surface area contributed by atoms with E-state index in [9.17, 15) is 29.4 Å². The van der Waals surface area contributed by atoms with Gasteiger partial charge in [0.1, 0.15) is 46.1 Å². The number of thioether (sulfide) groups is 1. The summed E-state index contributed by atoms with van der Waals surface area (Å²) in [5, 5.41) is 25.0. The van der Waals surface area contributed by atoms with Gasteiger partial charge in [-0.15, -0.1) is 11.8 Å². The number of carbonyl (C=O) groups is 4. The standard InChI is InChI=1S/C24H22ClN7O7S2.Na.H/c1-24(2,22(37)38)39-29-14(13-17(25)41-23(26)28-13)18(33)27-15-19(34)32-16(21(35)36)11(10-40-20(15)32)9-31-8-7-30-6-4-3-5-12(30)31;;/h3-8,15,20H,9-10H2,1-2H3,(H4-,26,27,28,33,35,36,37,38);;/q;+1;-1/p+1/b29-14-;;/t15-,20-;;/m1../s1. The van der Waals surface area contributed by atoms with Crippen LogP contribution in [-0.2, 0) is 30.6 Å². The van der Waals surface area contributed by atoms with Gasteiger partial charge < -0.3 is 27.5 Å². The number of fused-ring (bicyclic) bond motifs is 2. The first-order valence-electron chi connectivity index (χ1n) is 12.0. The van der Waals surface area contributed by atoms with E-state index in [0.29, 0.717) is 11.3 Å². The van der Waals surface area contributed by atoms with Crippen molar-refractivity contribution in [2.45, 2.75) is 37.4 Å². The smallest absolute Gasteiger partial charge is 1.00 e. The van der Waals surface area contributed by atoms with Crippen molar-refractivity contribution in [1.82, 2.24) is 19.6 Å². The van der Waals surface area contributed by atoms with Crippen molar-refractivity contribution >= 4 is 74.9 Å². The molecule has 42 heavy (non-hydrogen) atoms. The Hall–Kier alpha value is -3.15. The van der Waals surface area contributed by atoms with Gasteiger partial charge in [-0.05, 0) is 19.9 Å². The number of nitrogens with zero attached hydrogens (tertiary/aromatic N) is 5. The van der Waals surface area contributed by atoms with Crippen LogP contribution in [0.2, 0.25) is 4.34 Å². The number of aliphatic carboxylic acids is 2. The second kappa shape index (κ2) is 12.2. The van der Waals surface area contributed by atoms with E-state index in [1.54, 1.807) is 0 Å². The van der Waals surface area contributed by atoms with Crippen LogP contribution in [0.5, 0.6) is 0 Å². The SMILES string of the molecule is CC(C)(O/N=C(\C(=O)N[C@@H]1C(=O)N2C(C(=O)O)=C(C[n+]3ccn4ccccc43)CS[C@H]12)c1nc(N)sc1Cl)C(=O)O.[H-].[Na+]. The van der Waals surface area contributed by atoms with Gasteiger partial charge in [0.15, 0.2) is 10.8 Å². The monoisotopic (exact) mass is 644 g/mol. The largest absolute Gasteiger partial charge is 1.00 e. The third kappa shape index (κ3) is 5.87. The average molecular weight is 645 g/mol. The summed E-state index contributed by atoms with van der Waals surface area (Å²) in [6, 6.07) is 4.54. The predicted molar refractivity (Wildman–Crippen MR) is 149 cm³/mol. The summed E-state index contributed by atoms with van der Waals surface area (Å²) in [4.78, 5) is 60.6. The molecule has 2 aliphatic heterocycles. The van der Waals surface area contributed by atoms with Gasteiger partial charge in [-0.3, -0.25) is 14.5 Å². The molecule has 0 aromatic carbocycles. The molecule has 1 saturated heterocycles. The summed E-state index contributed by atoms with van der Waals surface area (Å²) in [5.74, 6) is -3.87. The topological polar surface area (TPSA) is 193 Å². The zero-order valence-electron chi connectivity index (χ0n) is 23.5. The van der Waals surface area contributed by atoms with Crippen LogP contribution in [0.15, 0.2) is 53.2 Å². The quantitative estimate of drug-likeness (QED) is 0.0670. The van der Waals surface area contributed by atoms with E-state index in [0.717, 1.165) is 21.9 Å². The van der Waals surface area contributed by atoms with Crippen molar-refractivity contribution in [2.24, 2.45) is 5.16 Å². The van der Waals surface area contributed by atoms with Crippen molar-refractivity contribution in [3.8, 4) is 0 Å². The van der Waals surface area contributed by atoms with Crippen LogP contribution in [0.25, 0.3) is 5.65 Å². The number of carboxylic acids is 2. The number of amides is 2. The molecule has 5 N–H and O–H groups in total. The maximum absolute atomic E-state index is 13.3. The zero-order valence-corrected chi connectivity index (χ0v) is 26.9. The maximum atomic E-state index is 13.3. The fourth-order valence-corrected chi connectivity index (χ4v) is 6.52. The molecule has 0 radical (unpaired) electrons. The van der Waals surface area contributed by atoms with Crippen LogP contribution in [0.4, 0.5) is 5.13 Å². The molecule has 18 heteroatoms. The molecular formula is C24H24ClN7NaO7S2+. The van der Waals surface area contributed by atoms with E-state index in [1.165, 1.54) is 25.6 Å². The van der Waals surface area contributed by atoms with Crippen LogP contribution in [0.3, 0.4) is 0 Å². The third-order valence-corrected chi connectivity index (χ3v) is 8.81. The van der Waals surface area contributed by atoms with Crippen molar-refractivity contribution < 1.29 is 69.8 Å². The van der Waals surface area contributed by atoms with Crippen molar-refractivity contribution in [3.05, 3.63) is 58.1 Å². The summed E-state index contributed by atoms with van der Waals surface area (Å²) >= 11 is 8.34. The van der Waals surface area contributed by atoms with Gasteiger partial charge in [0.25, 0.3) is 17.5 Å². The maximum Gasteiger partial charge on any atom is 1.00 e. The van der Waals surface area contributed by atoms with Crippen LogP contribution in [0.1, 0.15) is 21.0 Å². The summed E-state index contributed by atoms with van der Waals surface area (Å²) < 4.78 is 3.77. The first-order valence-corrected chi connectivity index (χ1v) is 14.2. The number of oxime groups is 1. The molecule has 5 heterocycles. The number of carboxylic acid groups (broad SMARTS) is 2. The predicted octanol–water partition coefficient (Wildman–Crippen LogP) is -1.94. The number of carbonyl (C=O) groups excluding carboxylic acids is 2. The van der Waals surface area contributed by atoms with Gasteiger partial charge in [0.2, 0.25) is 5.60 Å². The van der Waals surface area contributed by atoms with Gasteiger partial charge in [-0.2, -0.15) is 0 Å². The zero-order chi connectivity index (χ0) is 29.6. The number of anilines is 1. The molecular weight excluding hydrogens is 621 g/mol. The molecule has 3 aromatic rings. The number of nitrogen functional groups attached to an aromatic ring is 1. The van der Waals surface area contributed by atoms with E-state index in [-0.39, 0.29) is 58.4 Å². The van der Waals surface area contributed by atoms with Gasteiger partial charge in [0.05, 0.1) is 6.20 Å². The molecule has 0 unspecified atom stereocenters. The van der Waals surface area contributed by atoms with E-state index in [1.807, 2.05) is 45.8 Å². The van der Waals surface area contributed by atoms with E-state index in [4.69, 9.17) is 22.2 Å². The molecule has 0 spiro atoms. The number of halogens is 1. The molecule has 216 valence electrons. The first-order chi connectivity index (χ1) is 19.4. The first kappa shape index (κ1) is 31.8. The van der Waals surface area contributed by atoms with E-state index >= 15 is 0 Å². The van der Waals surface area contributed by atoms with Crippen LogP contribution in [0, 0.1) is 0 Å². The number of β-lactam (4-membered cyclic amide) rings is 1. The number of nitrogens with one attached hydrogen (secondary N) is 1. The molecule has 1 fully saturated rings. The second-order valence-corrected chi connectivity index (χ2v) is 12.3. The normalized spacial score (nSPS) is 18.7. The third-order valence-electron chi connectivity index (χ3n) is 6.39. The Morgan fingerprint density at radius 2 is 2.07 bits per heavy atom. The molecule has 0 aliphatic carbocycles. The molecule has 0 saturated carbocycles. The minimum absolute atomic E-state index is 0. The van der Waals surface area contributed by atoms with Crippen LogP contribution in [-0.4, -0.2) is 76.7 Å². The van der Waals surface area contributed by atoms with Gasteiger partial charge in [-0.25, -0.2) is 23.5 Å².